The summed E-state index contributed by atoms with van der Waals surface area (Å²) in [5.41, 5.74) is 4.52. The van der Waals surface area contributed by atoms with E-state index in [4.69, 9.17) is 0 Å². The van der Waals surface area contributed by atoms with E-state index in [0.29, 0.717) is 33.9 Å². The van der Waals surface area contributed by atoms with Gasteiger partial charge in [-0.25, -0.2) is 4.98 Å². The van der Waals surface area contributed by atoms with Crippen molar-refractivity contribution in [3.05, 3.63) is 81.8 Å². The van der Waals surface area contributed by atoms with Gasteiger partial charge in [0.1, 0.15) is 5.82 Å². The fraction of sp³-hybridized carbons (Fsp3) is 0.182. The Kier molecular flexibility index (Phi) is 5.24. The molecule has 0 radical (unpaired) electrons. The number of pyridine rings is 1. The van der Waals surface area contributed by atoms with Crippen LogP contribution < -0.4 is 10.6 Å². The van der Waals surface area contributed by atoms with Crippen LogP contribution in [0.1, 0.15) is 41.3 Å². The van der Waals surface area contributed by atoms with Gasteiger partial charge in [-0.3, -0.25) is 4.79 Å². The number of allylic oxidation sites excluding steroid dienone is 4. The van der Waals surface area contributed by atoms with Gasteiger partial charge in [-0.15, -0.1) is 0 Å². The Labute approximate surface area is 163 Å². The van der Waals surface area contributed by atoms with Crippen molar-refractivity contribution in [2.75, 3.05) is 5.32 Å². The molecule has 6 nitrogen and oxygen atoms in total. The Morgan fingerprint density at radius 3 is 2.32 bits per heavy atom. The number of dihydropyridines is 1. The van der Waals surface area contributed by atoms with Crippen LogP contribution in [-0.2, 0) is 0 Å². The molecule has 1 aliphatic rings. The zero-order valence-corrected chi connectivity index (χ0v) is 15.9. The van der Waals surface area contributed by atoms with Gasteiger partial charge < -0.3 is 10.6 Å². The molecule has 1 aromatic heterocycles. The first kappa shape index (κ1) is 18.9. The van der Waals surface area contributed by atoms with Crippen LogP contribution in [0, 0.1) is 29.6 Å². The van der Waals surface area contributed by atoms with E-state index < -0.39 is 5.92 Å². The molecule has 0 spiro atoms. The molecule has 0 bridgehead atoms. The number of aromatic nitrogens is 1. The minimum absolute atomic E-state index is 0.300. The van der Waals surface area contributed by atoms with Crippen molar-refractivity contribution >= 4 is 11.7 Å². The number of carbonyl (C=O) groups is 1. The SMILES string of the molecule is CC1=C(C#N)C(c2cccc(C(=O)Nc3ccc(C)cn3)c2)C(C#N)=C(C)N1. The van der Waals surface area contributed by atoms with E-state index in [9.17, 15) is 15.3 Å². The predicted molar refractivity (Wildman–Crippen MR) is 106 cm³/mol. The fourth-order valence-electron chi connectivity index (χ4n) is 3.21. The van der Waals surface area contributed by atoms with Crippen molar-refractivity contribution in [2.45, 2.75) is 26.7 Å². The number of nitrogens with one attached hydrogen (secondary N) is 2. The summed E-state index contributed by atoms with van der Waals surface area (Å²) in [5.74, 6) is -0.336. The summed E-state index contributed by atoms with van der Waals surface area (Å²) in [4.78, 5) is 16.8. The highest BCUT2D eigenvalue weighted by Gasteiger charge is 2.29. The molecule has 138 valence electrons. The molecule has 0 unspecified atom stereocenters. The highest BCUT2D eigenvalue weighted by atomic mass is 16.1. The van der Waals surface area contributed by atoms with Gasteiger partial charge in [0.15, 0.2) is 0 Å². The molecule has 2 N–H and O–H groups in total. The van der Waals surface area contributed by atoms with E-state index in [1.54, 1.807) is 30.5 Å². The Hall–Kier alpha value is -3.90. The van der Waals surface area contributed by atoms with Gasteiger partial charge in [0, 0.05) is 23.2 Å². The Balaban J connectivity index is 1.97. The minimum Gasteiger partial charge on any atom is -0.361 e. The third-order valence-electron chi connectivity index (χ3n) is 4.64. The standard InChI is InChI=1S/C22H19N5O/c1-13-7-8-20(25-12-13)27-22(28)17-6-4-5-16(9-17)21-18(10-23)14(2)26-15(3)19(21)11-24/h4-9,12,21,26H,1-3H3,(H,25,27,28). The summed E-state index contributed by atoms with van der Waals surface area (Å²) < 4.78 is 0. The van der Waals surface area contributed by atoms with E-state index in [1.165, 1.54) is 0 Å². The van der Waals surface area contributed by atoms with Crippen LogP contribution in [0.4, 0.5) is 5.82 Å². The second kappa shape index (κ2) is 7.77. The maximum atomic E-state index is 12.6. The van der Waals surface area contributed by atoms with Gasteiger partial charge in [-0.05, 0) is 50.1 Å². The van der Waals surface area contributed by atoms with Crippen LogP contribution >= 0.6 is 0 Å². The van der Waals surface area contributed by atoms with Crippen LogP contribution in [0.25, 0.3) is 0 Å². The normalized spacial score (nSPS) is 14.2. The lowest BCUT2D eigenvalue weighted by Crippen LogP contribution is -2.23. The number of nitriles is 2. The largest absolute Gasteiger partial charge is 0.361 e. The number of rotatable bonds is 3. The molecule has 2 heterocycles. The highest BCUT2D eigenvalue weighted by molar-refractivity contribution is 6.03. The lowest BCUT2D eigenvalue weighted by molar-refractivity contribution is 0.102. The van der Waals surface area contributed by atoms with E-state index in [1.807, 2.05) is 32.9 Å². The molecule has 28 heavy (non-hydrogen) atoms. The number of hydrogen-bond donors (Lipinski definition) is 2. The van der Waals surface area contributed by atoms with E-state index in [2.05, 4.69) is 27.8 Å². The number of amides is 1. The molecule has 1 aliphatic heterocycles. The van der Waals surface area contributed by atoms with Gasteiger partial charge in [0.05, 0.1) is 29.2 Å². The second-order valence-corrected chi connectivity index (χ2v) is 6.66. The molecule has 1 aromatic carbocycles. The van der Waals surface area contributed by atoms with Crippen molar-refractivity contribution in [3.8, 4) is 12.1 Å². The number of benzene rings is 1. The maximum Gasteiger partial charge on any atom is 0.256 e. The average Bonchev–Trinajstić information content (AvgIpc) is 2.69. The number of hydrogen-bond acceptors (Lipinski definition) is 5. The summed E-state index contributed by atoms with van der Waals surface area (Å²) >= 11 is 0. The van der Waals surface area contributed by atoms with Gasteiger partial charge >= 0.3 is 0 Å². The summed E-state index contributed by atoms with van der Waals surface area (Å²) in [6.45, 7) is 5.54. The molecular weight excluding hydrogens is 350 g/mol. The molecular formula is C22H19N5O. The van der Waals surface area contributed by atoms with Crippen molar-refractivity contribution in [3.63, 3.8) is 0 Å². The number of aryl methyl sites for hydroxylation is 1. The number of carbonyl (C=O) groups excluding carboxylic acids is 1. The number of anilines is 1. The third kappa shape index (κ3) is 3.62. The molecule has 0 fully saturated rings. The summed E-state index contributed by atoms with van der Waals surface area (Å²) in [6.07, 6.45) is 1.68. The van der Waals surface area contributed by atoms with Crippen molar-refractivity contribution < 1.29 is 4.79 Å². The lowest BCUT2D eigenvalue weighted by atomic mass is 9.81. The van der Waals surface area contributed by atoms with Gasteiger partial charge in [0.25, 0.3) is 5.91 Å². The molecule has 1 amide bonds. The van der Waals surface area contributed by atoms with Crippen LogP contribution in [-0.4, -0.2) is 10.9 Å². The molecule has 0 aliphatic carbocycles. The second-order valence-electron chi connectivity index (χ2n) is 6.66. The van der Waals surface area contributed by atoms with Crippen LogP contribution in [0.15, 0.2) is 65.1 Å². The van der Waals surface area contributed by atoms with Crippen LogP contribution in [0.3, 0.4) is 0 Å². The smallest absolute Gasteiger partial charge is 0.256 e. The summed E-state index contributed by atoms with van der Waals surface area (Å²) in [6, 6.07) is 15.0. The lowest BCUT2D eigenvalue weighted by Gasteiger charge is -2.26. The molecule has 3 rings (SSSR count). The predicted octanol–water partition coefficient (Wildman–Crippen LogP) is 3.92. The summed E-state index contributed by atoms with van der Waals surface area (Å²) in [5, 5.41) is 25.1. The monoisotopic (exact) mass is 369 g/mol. The highest BCUT2D eigenvalue weighted by Crippen LogP contribution is 2.37. The van der Waals surface area contributed by atoms with Crippen molar-refractivity contribution in [2.24, 2.45) is 0 Å². The van der Waals surface area contributed by atoms with Crippen LogP contribution in [0.2, 0.25) is 0 Å². The topological polar surface area (TPSA) is 102 Å². The van der Waals surface area contributed by atoms with Crippen molar-refractivity contribution in [1.29, 1.82) is 10.5 Å². The van der Waals surface area contributed by atoms with Gasteiger partial charge in [-0.1, -0.05) is 18.2 Å². The summed E-state index contributed by atoms with van der Waals surface area (Å²) in [7, 11) is 0. The first-order valence-electron chi connectivity index (χ1n) is 8.77. The van der Waals surface area contributed by atoms with E-state index >= 15 is 0 Å². The first-order valence-corrected chi connectivity index (χ1v) is 8.77. The Morgan fingerprint density at radius 1 is 1.07 bits per heavy atom. The molecule has 0 saturated heterocycles. The Morgan fingerprint density at radius 2 is 1.75 bits per heavy atom. The Bertz CT molecular complexity index is 1050. The molecule has 0 atom stereocenters. The number of nitrogens with zero attached hydrogens (tertiary/aromatic N) is 3. The van der Waals surface area contributed by atoms with Crippen molar-refractivity contribution in [1.82, 2.24) is 10.3 Å². The minimum atomic E-state index is -0.499. The first-order chi connectivity index (χ1) is 13.4. The molecule has 2 aromatic rings. The van der Waals surface area contributed by atoms with Crippen LogP contribution in [0.5, 0.6) is 0 Å². The quantitative estimate of drug-likeness (QED) is 0.854. The van der Waals surface area contributed by atoms with Gasteiger partial charge in [-0.2, -0.15) is 10.5 Å². The molecule has 6 heteroatoms. The fourth-order valence-corrected chi connectivity index (χ4v) is 3.21. The third-order valence-corrected chi connectivity index (χ3v) is 4.64. The zero-order valence-electron chi connectivity index (χ0n) is 15.9. The zero-order chi connectivity index (χ0) is 20.3. The van der Waals surface area contributed by atoms with E-state index in [0.717, 1.165) is 11.1 Å². The van der Waals surface area contributed by atoms with E-state index in [-0.39, 0.29) is 5.91 Å². The average molecular weight is 369 g/mol. The van der Waals surface area contributed by atoms with Gasteiger partial charge in [0.2, 0.25) is 0 Å². The molecule has 0 saturated carbocycles. The maximum absolute atomic E-state index is 12.6.